The highest BCUT2D eigenvalue weighted by molar-refractivity contribution is 6.39. The Kier molecular flexibility index (Phi) is 5.59. The molecule has 0 saturated carbocycles. The minimum Gasteiger partial charge on any atom is -0.493 e. The van der Waals surface area contributed by atoms with Crippen LogP contribution in [0.2, 0.25) is 0 Å². The van der Waals surface area contributed by atoms with Crippen LogP contribution in [-0.4, -0.2) is 42.6 Å². The third-order valence-corrected chi connectivity index (χ3v) is 3.97. The van der Waals surface area contributed by atoms with E-state index in [0.29, 0.717) is 11.3 Å². The maximum atomic E-state index is 12.8. The van der Waals surface area contributed by atoms with Crippen molar-refractivity contribution in [3.63, 3.8) is 0 Å². The minimum absolute atomic E-state index is 0.192. The summed E-state index contributed by atoms with van der Waals surface area (Å²) in [5.41, 5.74) is 0.503. The van der Waals surface area contributed by atoms with Crippen LogP contribution in [0, 0.1) is 0 Å². The van der Waals surface area contributed by atoms with E-state index in [4.69, 9.17) is 14.6 Å². The highest BCUT2D eigenvalue weighted by Crippen LogP contribution is 2.29. The Morgan fingerprint density at radius 3 is 2.48 bits per heavy atom. The van der Waals surface area contributed by atoms with E-state index in [1.165, 1.54) is 31.4 Å². The van der Waals surface area contributed by atoms with Crippen molar-refractivity contribution in [3.05, 3.63) is 59.7 Å². The summed E-state index contributed by atoms with van der Waals surface area (Å²) in [5.74, 6) is -2.32. The zero-order valence-electron chi connectivity index (χ0n) is 15.2. The minimum atomic E-state index is -1.15. The summed E-state index contributed by atoms with van der Waals surface area (Å²) in [6, 6.07) is 11.8. The van der Waals surface area contributed by atoms with Crippen LogP contribution in [0.15, 0.2) is 54.1 Å². The fraction of sp³-hybridized carbons (Fsp3) is 0.100. The molecule has 0 atom stereocenters. The number of carboxylic acid groups (broad SMARTS) is 1. The predicted molar refractivity (Wildman–Crippen MR) is 102 cm³/mol. The molecule has 2 aromatic carbocycles. The lowest BCUT2D eigenvalue weighted by Gasteiger charge is -2.26. The van der Waals surface area contributed by atoms with Gasteiger partial charge in [-0.05, 0) is 35.9 Å². The molecule has 1 heterocycles. The van der Waals surface area contributed by atoms with E-state index in [0.717, 1.165) is 4.90 Å². The van der Waals surface area contributed by atoms with Gasteiger partial charge in [0.1, 0.15) is 5.57 Å². The molecule has 2 N–H and O–H groups in total. The number of benzene rings is 2. The van der Waals surface area contributed by atoms with Crippen molar-refractivity contribution in [2.75, 3.05) is 18.6 Å². The number of hydrogen-bond donors (Lipinski definition) is 2. The van der Waals surface area contributed by atoms with E-state index >= 15 is 0 Å². The average Bonchev–Trinajstić information content (AvgIpc) is 2.70. The molecule has 0 aliphatic carbocycles. The van der Waals surface area contributed by atoms with Crippen molar-refractivity contribution in [3.8, 4) is 11.5 Å². The Bertz CT molecular complexity index is 1010. The van der Waals surface area contributed by atoms with Crippen LogP contribution in [0.4, 0.5) is 10.5 Å². The van der Waals surface area contributed by atoms with Crippen molar-refractivity contribution in [2.45, 2.75) is 0 Å². The van der Waals surface area contributed by atoms with Gasteiger partial charge in [-0.2, -0.15) is 0 Å². The third kappa shape index (κ3) is 4.24. The zero-order valence-corrected chi connectivity index (χ0v) is 15.2. The number of rotatable bonds is 6. The van der Waals surface area contributed by atoms with Crippen LogP contribution in [0.1, 0.15) is 5.56 Å². The molecular formula is C20H16N2O7. The molecule has 3 rings (SSSR count). The van der Waals surface area contributed by atoms with E-state index in [-0.39, 0.29) is 17.1 Å². The molecule has 9 nitrogen and oxygen atoms in total. The summed E-state index contributed by atoms with van der Waals surface area (Å²) >= 11 is 0. The SMILES string of the molecule is COc1cc(/C=C2/C(=O)NC(=O)N(c3ccccc3)C2=O)ccc1OCC(=O)O. The van der Waals surface area contributed by atoms with Gasteiger partial charge >= 0.3 is 12.0 Å². The van der Waals surface area contributed by atoms with Gasteiger partial charge in [0.25, 0.3) is 11.8 Å². The van der Waals surface area contributed by atoms with Crippen molar-refractivity contribution in [1.29, 1.82) is 0 Å². The number of carbonyl (C=O) groups excluding carboxylic acids is 3. The Labute approximate surface area is 165 Å². The topological polar surface area (TPSA) is 122 Å². The van der Waals surface area contributed by atoms with Crippen LogP contribution in [0.25, 0.3) is 6.08 Å². The first-order valence-electron chi connectivity index (χ1n) is 8.40. The maximum Gasteiger partial charge on any atom is 0.341 e. The van der Waals surface area contributed by atoms with Gasteiger partial charge in [-0.1, -0.05) is 24.3 Å². The largest absolute Gasteiger partial charge is 0.493 e. The molecule has 2 aromatic rings. The highest BCUT2D eigenvalue weighted by atomic mass is 16.5. The van der Waals surface area contributed by atoms with Gasteiger partial charge in [0.2, 0.25) is 0 Å². The van der Waals surface area contributed by atoms with Gasteiger partial charge < -0.3 is 14.6 Å². The lowest BCUT2D eigenvalue weighted by Crippen LogP contribution is -2.54. The van der Waals surface area contributed by atoms with Crippen LogP contribution in [0.5, 0.6) is 11.5 Å². The molecule has 0 radical (unpaired) electrons. The van der Waals surface area contributed by atoms with E-state index in [9.17, 15) is 19.2 Å². The average molecular weight is 396 g/mol. The second-order valence-electron chi connectivity index (χ2n) is 5.89. The highest BCUT2D eigenvalue weighted by Gasteiger charge is 2.36. The van der Waals surface area contributed by atoms with Crippen LogP contribution >= 0.6 is 0 Å². The maximum absolute atomic E-state index is 12.8. The molecule has 29 heavy (non-hydrogen) atoms. The molecule has 1 aliphatic heterocycles. The number of nitrogens with zero attached hydrogens (tertiary/aromatic N) is 1. The molecule has 1 saturated heterocycles. The second-order valence-corrected chi connectivity index (χ2v) is 5.89. The van der Waals surface area contributed by atoms with Crippen molar-refractivity contribution in [1.82, 2.24) is 5.32 Å². The van der Waals surface area contributed by atoms with Gasteiger partial charge in [-0.3, -0.25) is 14.9 Å². The number of ether oxygens (including phenoxy) is 2. The normalized spacial score (nSPS) is 15.3. The number of hydrogen-bond acceptors (Lipinski definition) is 6. The lowest BCUT2D eigenvalue weighted by atomic mass is 10.1. The third-order valence-electron chi connectivity index (χ3n) is 3.97. The number of aliphatic carboxylic acids is 1. The molecule has 148 valence electrons. The zero-order chi connectivity index (χ0) is 21.0. The van der Waals surface area contributed by atoms with Gasteiger partial charge in [0, 0.05) is 0 Å². The Morgan fingerprint density at radius 2 is 1.83 bits per heavy atom. The first-order chi connectivity index (χ1) is 13.9. The lowest BCUT2D eigenvalue weighted by molar-refractivity contribution is -0.139. The first kappa shape index (κ1) is 19.6. The first-order valence-corrected chi connectivity index (χ1v) is 8.40. The summed E-state index contributed by atoms with van der Waals surface area (Å²) < 4.78 is 10.3. The van der Waals surface area contributed by atoms with Gasteiger partial charge in [-0.15, -0.1) is 0 Å². The Morgan fingerprint density at radius 1 is 1.10 bits per heavy atom. The molecule has 0 spiro atoms. The molecule has 4 amide bonds. The molecule has 1 aliphatic rings. The van der Waals surface area contributed by atoms with E-state index in [1.807, 2.05) is 0 Å². The summed E-state index contributed by atoms with van der Waals surface area (Å²) in [7, 11) is 1.37. The van der Waals surface area contributed by atoms with Crippen molar-refractivity contribution < 1.29 is 33.8 Å². The number of nitrogens with one attached hydrogen (secondary N) is 1. The van der Waals surface area contributed by atoms with Gasteiger partial charge in [0.05, 0.1) is 12.8 Å². The number of carbonyl (C=O) groups is 4. The Balaban J connectivity index is 1.93. The molecular weight excluding hydrogens is 380 g/mol. The van der Waals surface area contributed by atoms with Crippen molar-refractivity contribution >= 4 is 35.6 Å². The molecule has 0 aromatic heterocycles. The van der Waals surface area contributed by atoms with Crippen LogP contribution in [-0.2, 0) is 14.4 Å². The number of anilines is 1. The number of amides is 4. The fourth-order valence-corrected chi connectivity index (χ4v) is 2.67. The molecule has 1 fully saturated rings. The van der Waals surface area contributed by atoms with Crippen molar-refractivity contribution in [2.24, 2.45) is 0 Å². The molecule has 0 unspecified atom stereocenters. The number of barbiturate groups is 1. The van der Waals surface area contributed by atoms with Gasteiger partial charge in [0.15, 0.2) is 18.1 Å². The number of para-hydroxylation sites is 1. The van der Waals surface area contributed by atoms with Gasteiger partial charge in [-0.25, -0.2) is 14.5 Å². The van der Waals surface area contributed by atoms with Crippen LogP contribution in [0.3, 0.4) is 0 Å². The standard InChI is InChI=1S/C20H16N2O7/c1-28-16-10-12(7-8-15(16)29-11-17(23)24)9-14-18(25)21-20(27)22(19(14)26)13-5-3-2-4-6-13/h2-10H,11H2,1H3,(H,23,24)(H,21,25,27)/b14-9-. The van der Waals surface area contributed by atoms with E-state index in [2.05, 4.69) is 5.32 Å². The summed E-state index contributed by atoms with van der Waals surface area (Å²) in [6.45, 7) is -0.550. The monoisotopic (exact) mass is 396 g/mol. The number of urea groups is 1. The smallest absolute Gasteiger partial charge is 0.341 e. The molecule has 0 bridgehead atoms. The quantitative estimate of drug-likeness (QED) is 0.564. The summed E-state index contributed by atoms with van der Waals surface area (Å²) in [4.78, 5) is 48.7. The number of carboxylic acids is 1. The number of methoxy groups -OCH3 is 1. The van der Waals surface area contributed by atoms with E-state index < -0.39 is 30.4 Å². The fourth-order valence-electron chi connectivity index (χ4n) is 2.67. The van der Waals surface area contributed by atoms with Crippen LogP contribution < -0.4 is 19.7 Å². The number of imide groups is 2. The second kappa shape index (κ2) is 8.26. The van der Waals surface area contributed by atoms with E-state index in [1.54, 1.807) is 30.3 Å². The summed E-state index contributed by atoms with van der Waals surface area (Å²) in [6.07, 6.45) is 1.31. The molecule has 9 heteroatoms. The predicted octanol–water partition coefficient (Wildman–Crippen LogP) is 1.83. The summed E-state index contributed by atoms with van der Waals surface area (Å²) in [5, 5.41) is 10.9. The Hall–Kier alpha value is -4.14.